The number of benzene rings is 7. The Labute approximate surface area is 289 Å². The van der Waals surface area contributed by atoms with Gasteiger partial charge in [0.25, 0.3) is 0 Å². The van der Waals surface area contributed by atoms with Crippen molar-refractivity contribution in [3.05, 3.63) is 151 Å². The van der Waals surface area contributed by atoms with E-state index in [0.29, 0.717) is 0 Å². The molecule has 0 atom stereocenters. The van der Waals surface area contributed by atoms with Gasteiger partial charge in [-0.15, -0.1) is 11.3 Å². The summed E-state index contributed by atoms with van der Waals surface area (Å²) in [4.78, 5) is 2.35. The van der Waals surface area contributed by atoms with Gasteiger partial charge in [-0.25, -0.2) is 0 Å². The monoisotopic (exact) mass is 649 g/mol. The molecule has 1 aliphatic rings. The number of rotatable bonds is 3. The maximum Gasteiger partial charge on any atom is 0.137 e. The van der Waals surface area contributed by atoms with E-state index in [-0.39, 0.29) is 10.8 Å². The molecule has 2 nitrogen and oxygen atoms in total. The molecule has 0 bridgehead atoms. The van der Waals surface area contributed by atoms with Crippen LogP contribution in [0.25, 0.3) is 64.0 Å². The molecular formula is C46H35NOS. The summed E-state index contributed by atoms with van der Waals surface area (Å²) in [6.07, 6.45) is 0. The van der Waals surface area contributed by atoms with Gasteiger partial charge < -0.3 is 9.32 Å². The van der Waals surface area contributed by atoms with Gasteiger partial charge in [0.2, 0.25) is 0 Å². The van der Waals surface area contributed by atoms with Gasteiger partial charge in [0, 0.05) is 59.5 Å². The summed E-state index contributed by atoms with van der Waals surface area (Å²) in [6.45, 7) is 9.74. The van der Waals surface area contributed by atoms with Crippen molar-refractivity contribution >= 4 is 81.3 Å². The Bertz CT molecular complexity index is 2780. The number of furan rings is 1. The van der Waals surface area contributed by atoms with Crippen molar-refractivity contribution in [2.24, 2.45) is 0 Å². The van der Waals surface area contributed by atoms with Crippen molar-refractivity contribution in [1.82, 2.24) is 0 Å². The molecular weight excluding hydrogens is 615 g/mol. The highest BCUT2D eigenvalue weighted by molar-refractivity contribution is 7.25. The average Bonchev–Trinajstić information content (AvgIpc) is 3.67. The third-order valence-corrected chi connectivity index (χ3v) is 12.7. The fourth-order valence-corrected chi connectivity index (χ4v) is 9.49. The number of para-hydroxylation sites is 2. The van der Waals surface area contributed by atoms with E-state index in [0.717, 1.165) is 39.0 Å². The van der Waals surface area contributed by atoms with Crippen molar-refractivity contribution < 1.29 is 4.42 Å². The van der Waals surface area contributed by atoms with Gasteiger partial charge in [-0.3, -0.25) is 0 Å². The molecule has 0 spiro atoms. The zero-order valence-corrected chi connectivity index (χ0v) is 28.9. The maximum atomic E-state index is 6.35. The minimum absolute atomic E-state index is 0.0507. The Hall–Kier alpha value is -5.38. The Kier molecular flexibility index (Phi) is 5.88. The predicted molar refractivity (Wildman–Crippen MR) is 210 cm³/mol. The Balaban J connectivity index is 1.20. The van der Waals surface area contributed by atoms with Crippen LogP contribution in [0.1, 0.15) is 38.8 Å². The highest BCUT2D eigenvalue weighted by Crippen LogP contribution is 2.57. The van der Waals surface area contributed by atoms with Gasteiger partial charge in [-0.2, -0.15) is 0 Å². The van der Waals surface area contributed by atoms with E-state index in [4.69, 9.17) is 4.42 Å². The van der Waals surface area contributed by atoms with E-state index < -0.39 is 0 Å². The van der Waals surface area contributed by atoms with Gasteiger partial charge in [0.15, 0.2) is 0 Å². The normalized spacial score (nSPS) is 14.9. The van der Waals surface area contributed by atoms with Crippen LogP contribution >= 0.6 is 11.3 Å². The van der Waals surface area contributed by atoms with Gasteiger partial charge in [-0.05, 0) is 99.1 Å². The number of thiophene rings is 1. The van der Waals surface area contributed by atoms with E-state index in [1.54, 1.807) is 0 Å². The molecule has 0 fully saturated rings. The highest BCUT2D eigenvalue weighted by Gasteiger charge is 2.46. The highest BCUT2D eigenvalue weighted by atomic mass is 32.1. The van der Waals surface area contributed by atoms with Gasteiger partial charge in [-0.1, -0.05) is 100 Å². The molecule has 7 aromatic carbocycles. The summed E-state index contributed by atoms with van der Waals surface area (Å²) in [7, 11) is 0. The van der Waals surface area contributed by atoms with E-state index in [1.165, 1.54) is 53.2 Å². The molecule has 9 aromatic rings. The first kappa shape index (κ1) is 28.6. The molecule has 3 heteroatoms. The average molecular weight is 650 g/mol. The topological polar surface area (TPSA) is 16.4 Å². The van der Waals surface area contributed by atoms with Crippen LogP contribution in [0.5, 0.6) is 0 Å². The lowest BCUT2D eigenvalue weighted by atomic mass is 9.54. The van der Waals surface area contributed by atoms with Crippen LogP contribution in [0.4, 0.5) is 17.1 Å². The first-order valence-corrected chi connectivity index (χ1v) is 17.9. The summed E-state index contributed by atoms with van der Waals surface area (Å²) in [5.74, 6) is 0. The second-order valence-electron chi connectivity index (χ2n) is 14.6. The van der Waals surface area contributed by atoms with E-state index in [9.17, 15) is 0 Å². The minimum atomic E-state index is -0.0611. The second kappa shape index (κ2) is 10.1. The Morgan fingerprint density at radius 3 is 2.02 bits per heavy atom. The smallest absolute Gasteiger partial charge is 0.137 e. The maximum absolute atomic E-state index is 6.35. The van der Waals surface area contributed by atoms with Crippen molar-refractivity contribution in [3.8, 4) is 11.1 Å². The molecule has 1 aliphatic carbocycles. The number of anilines is 3. The lowest BCUT2D eigenvalue weighted by Gasteiger charge is -2.49. The van der Waals surface area contributed by atoms with E-state index >= 15 is 0 Å². The minimum Gasteiger partial charge on any atom is -0.456 e. The van der Waals surface area contributed by atoms with Crippen molar-refractivity contribution in [2.45, 2.75) is 38.5 Å². The van der Waals surface area contributed by atoms with Gasteiger partial charge in [0.1, 0.15) is 11.2 Å². The predicted octanol–water partition coefficient (Wildman–Crippen LogP) is 13.8. The van der Waals surface area contributed by atoms with Crippen LogP contribution in [-0.2, 0) is 10.8 Å². The van der Waals surface area contributed by atoms with E-state index in [1.807, 2.05) is 23.5 Å². The molecule has 0 amide bonds. The standard InChI is InChI=1S/C46H35NOS/c1-45(2)39-27-43-38(26-36(39)35-21-18-28-12-8-9-15-32(28)44(35)46(45,3)4)37-24-30(20-23-42(37)49-43)47(29-13-6-5-7-14-29)31-19-22-34-33-16-10-11-17-40(33)48-41(34)25-31/h5-27H,1-4H3. The summed E-state index contributed by atoms with van der Waals surface area (Å²) in [5, 5.41) is 7.55. The largest absolute Gasteiger partial charge is 0.456 e. The molecule has 0 aliphatic heterocycles. The molecule has 2 aromatic heterocycles. The van der Waals surface area contributed by atoms with Crippen LogP contribution in [-0.4, -0.2) is 0 Å². The summed E-state index contributed by atoms with van der Waals surface area (Å²) in [6, 6.07) is 51.0. The van der Waals surface area contributed by atoms with Crippen LogP contribution in [0.3, 0.4) is 0 Å². The van der Waals surface area contributed by atoms with Crippen molar-refractivity contribution in [2.75, 3.05) is 4.90 Å². The zero-order chi connectivity index (χ0) is 33.1. The molecule has 0 unspecified atom stereocenters. The molecule has 0 N–H and O–H groups in total. The summed E-state index contributed by atoms with van der Waals surface area (Å²) in [5.41, 5.74) is 10.6. The summed E-state index contributed by atoms with van der Waals surface area (Å²) >= 11 is 1.90. The van der Waals surface area contributed by atoms with Gasteiger partial charge in [0.05, 0.1) is 0 Å². The van der Waals surface area contributed by atoms with Crippen molar-refractivity contribution in [3.63, 3.8) is 0 Å². The molecule has 0 radical (unpaired) electrons. The first-order chi connectivity index (χ1) is 23.8. The Morgan fingerprint density at radius 2 is 1.16 bits per heavy atom. The fourth-order valence-electron chi connectivity index (χ4n) is 8.39. The second-order valence-corrected chi connectivity index (χ2v) is 15.7. The Morgan fingerprint density at radius 1 is 0.469 bits per heavy atom. The number of nitrogens with zero attached hydrogens (tertiary/aromatic N) is 1. The molecule has 2 heterocycles. The molecule has 49 heavy (non-hydrogen) atoms. The molecule has 0 saturated heterocycles. The quantitative estimate of drug-likeness (QED) is 0.189. The third-order valence-electron chi connectivity index (χ3n) is 11.6. The van der Waals surface area contributed by atoms with Crippen LogP contribution in [0.15, 0.2) is 144 Å². The lowest BCUT2D eigenvalue weighted by Crippen LogP contribution is -2.43. The zero-order valence-electron chi connectivity index (χ0n) is 28.0. The molecule has 10 rings (SSSR count). The number of hydrogen-bond acceptors (Lipinski definition) is 3. The third kappa shape index (κ3) is 4.00. The van der Waals surface area contributed by atoms with Crippen molar-refractivity contribution in [1.29, 1.82) is 0 Å². The first-order valence-electron chi connectivity index (χ1n) is 17.1. The molecule has 236 valence electrons. The van der Waals surface area contributed by atoms with Crippen LogP contribution in [0, 0.1) is 0 Å². The van der Waals surface area contributed by atoms with Crippen LogP contribution < -0.4 is 4.90 Å². The SMILES string of the molecule is CC1(C)c2cc3sc4ccc(N(c5ccccc5)c5ccc6c(c5)oc5ccccc56)cc4c3cc2-c2ccc3ccccc3c2C1(C)C. The number of fused-ring (bicyclic) bond motifs is 11. The fraction of sp³-hybridized carbons (Fsp3) is 0.130. The molecule has 0 saturated carbocycles. The lowest BCUT2D eigenvalue weighted by molar-refractivity contribution is 0.301. The number of hydrogen-bond donors (Lipinski definition) is 0. The van der Waals surface area contributed by atoms with E-state index in [2.05, 4.69) is 160 Å². The van der Waals surface area contributed by atoms with Gasteiger partial charge >= 0.3 is 0 Å². The van der Waals surface area contributed by atoms with Crippen LogP contribution in [0.2, 0.25) is 0 Å². The summed E-state index contributed by atoms with van der Waals surface area (Å²) < 4.78 is 8.99.